The van der Waals surface area contributed by atoms with Gasteiger partial charge in [-0.05, 0) is 61.9 Å². The largest absolute Gasteiger partial charge is 0.322 e. The normalized spacial score (nSPS) is 11.1. The van der Waals surface area contributed by atoms with Gasteiger partial charge >= 0.3 is 0 Å². The summed E-state index contributed by atoms with van der Waals surface area (Å²) in [5.41, 5.74) is 2.69. The Bertz CT molecular complexity index is 1060. The zero-order chi connectivity index (χ0) is 20.1. The zero-order valence-electron chi connectivity index (χ0n) is 15.8. The molecule has 3 aromatic carbocycles. The standard InChI is InChI=1S/C22H22N2O3S/c1-3-24(28(26,27)20-10-5-4-6-11-20)19-15-13-18(14-16-19)22(25)23-21-12-8-7-9-17(21)2/h4-16H,3H2,1-2H3,(H,23,25). The molecule has 1 N–H and O–H groups in total. The van der Waals surface area contributed by atoms with Gasteiger partial charge < -0.3 is 5.32 Å². The van der Waals surface area contributed by atoms with E-state index in [1.807, 2.05) is 31.2 Å². The summed E-state index contributed by atoms with van der Waals surface area (Å²) in [6.07, 6.45) is 0. The van der Waals surface area contributed by atoms with Crippen molar-refractivity contribution in [2.75, 3.05) is 16.2 Å². The molecule has 0 bridgehead atoms. The number of nitrogens with one attached hydrogen (secondary N) is 1. The van der Waals surface area contributed by atoms with E-state index >= 15 is 0 Å². The zero-order valence-corrected chi connectivity index (χ0v) is 16.6. The maximum Gasteiger partial charge on any atom is 0.264 e. The Morgan fingerprint density at radius 3 is 2.11 bits per heavy atom. The van der Waals surface area contributed by atoms with Crippen LogP contribution in [0.15, 0.2) is 83.8 Å². The topological polar surface area (TPSA) is 66.5 Å². The van der Waals surface area contributed by atoms with E-state index in [0.717, 1.165) is 11.3 Å². The van der Waals surface area contributed by atoms with Crippen molar-refractivity contribution in [2.24, 2.45) is 0 Å². The number of para-hydroxylation sites is 1. The molecule has 0 spiro atoms. The van der Waals surface area contributed by atoms with Crippen LogP contribution >= 0.6 is 0 Å². The molecule has 0 atom stereocenters. The Morgan fingerprint density at radius 1 is 0.893 bits per heavy atom. The van der Waals surface area contributed by atoms with Crippen molar-refractivity contribution in [1.29, 1.82) is 0 Å². The minimum atomic E-state index is -3.66. The molecular weight excluding hydrogens is 372 g/mol. The van der Waals surface area contributed by atoms with Crippen molar-refractivity contribution in [1.82, 2.24) is 0 Å². The van der Waals surface area contributed by atoms with Gasteiger partial charge in [-0.15, -0.1) is 0 Å². The fraction of sp³-hybridized carbons (Fsp3) is 0.136. The molecule has 0 aliphatic heterocycles. The van der Waals surface area contributed by atoms with E-state index in [4.69, 9.17) is 0 Å². The predicted molar refractivity (Wildman–Crippen MR) is 112 cm³/mol. The molecule has 6 heteroatoms. The van der Waals surface area contributed by atoms with Crippen LogP contribution in [0.25, 0.3) is 0 Å². The van der Waals surface area contributed by atoms with Crippen LogP contribution in [0.1, 0.15) is 22.8 Å². The van der Waals surface area contributed by atoms with Gasteiger partial charge in [0.15, 0.2) is 0 Å². The SMILES string of the molecule is CCN(c1ccc(C(=O)Nc2ccccc2C)cc1)S(=O)(=O)c1ccccc1. The first-order valence-corrected chi connectivity index (χ1v) is 10.4. The lowest BCUT2D eigenvalue weighted by atomic mass is 10.1. The van der Waals surface area contributed by atoms with Crippen molar-refractivity contribution in [2.45, 2.75) is 18.7 Å². The molecule has 0 radical (unpaired) electrons. The molecule has 0 saturated carbocycles. The molecule has 0 saturated heterocycles. The Balaban J connectivity index is 1.83. The number of benzene rings is 3. The maximum absolute atomic E-state index is 12.9. The minimum absolute atomic E-state index is 0.234. The second kappa shape index (κ2) is 8.27. The smallest absolute Gasteiger partial charge is 0.264 e. The molecule has 5 nitrogen and oxygen atoms in total. The summed E-state index contributed by atoms with van der Waals surface area (Å²) in [7, 11) is -3.66. The van der Waals surface area contributed by atoms with Gasteiger partial charge in [0, 0.05) is 17.8 Å². The minimum Gasteiger partial charge on any atom is -0.322 e. The number of rotatable bonds is 6. The third-order valence-corrected chi connectivity index (χ3v) is 6.35. The molecule has 3 rings (SSSR count). The van der Waals surface area contributed by atoms with Crippen molar-refractivity contribution in [3.05, 3.63) is 90.0 Å². The summed E-state index contributed by atoms with van der Waals surface area (Å²) in [5, 5.41) is 2.87. The maximum atomic E-state index is 12.9. The Labute approximate surface area is 165 Å². The van der Waals surface area contributed by atoms with Gasteiger partial charge in [-0.1, -0.05) is 36.4 Å². The number of sulfonamides is 1. The lowest BCUT2D eigenvalue weighted by molar-refractivity contribution is 0.102. The number of carbonyl (C=O) groups is 1. The first kappa shape index (κ1) is 19.6. The summed E-state index contributed by atoms with van der Waals surface area (Å²) in [6, 6.07) is 22.4. The van der Waals surface area contributed by atoms with Crippen molar-refractivity contribution >= 4 is 27.3 Å². The van der Waals surface area contributed by atoms with Gasteiger partial charge in [0.1, 0.15) is 0 Å². The second-order valence-electron chi connectivity index (χ2n) is 6.30. The number of carbonyl (C=O) groups excluding carboxylic acids is 1. The van der Waals surface area contributed by atoms with E-state index in [0.29, 0.717) is 11.3 Å². The monoisotopic (exact) mass is 394 g/mol. The number of nitrogens with zero attached hydrogens (tertiary/aromatic N) is 1. The quantitative estimate of drug-likeness (QED) is 0.671. The number of hydrogen-bond acceptors (Lipinski definition) is 3. The van der Waals surface area contributed by atoms with Gasteiger partial charge in [-0.2, -0.15) is 0 Å². The summed E-state index contributed by atoms with van der Waals surface area (Å²) in [6.45, 7) is 3.98. The number of amides is 1. The van der Waals surface area contributed by atoms with Crippen molar-refractivity contribution < 1.29 is 13.2 Å². The number of hydrogen-bond donors (Lipinski definition) is 1. The molecule has 0 aliphatic rings. The lowest BCUT2D eigenvalue weighted by Gasteiger charge is -2.23. The molecule has 28 heavy (non-hydrogen) atoms. The highest BCUT2D eigenvalue weighted by Crippen LogP contribution is 2.24. The van der Waals surface area contributed by atoms with Crippen molar-refractivity contribution in [3.8, 4) is 0 Å². The van der Waals surface area contributed by atoms with E-state index in [9.17, 15) is 13.2 Å². The molecule has 144 valence electrons. The van der Waals surface area contributed by atoms with Crippen LogP contribution in [0.2, 0.25) is 0 Å². The molecule has 0 aliphatic carbocycles. The molecule has 0 aromatic heterocycles. The number of aryl methyl sites for hydroxylation is 1. The molecular formula is C22H22N2O3S. The Hall–Kier alpha value is -3.12. The Morgan fingerprint density at radius 2 is 1.50 bits per heavy atom. The summed E-state index contributed by atoms with van der Waals surface area (Å²) in [5.74, 6) is -0.241. The van der Waals surface area contributed by atoms with Crippen LogP contribution in [-0.2, 0) is 10.0 Å². The average molecular weight is 394 g/mol. The van der Waals surface area contributed by atoms with Gasteiger partial charge in [0.05, 0.1) is 10.6 Å². The summed E-state index contributed by atoms with van der Waals surface area (Å²) < 4.78 is 27.1. The molecule has 0 heterocycles. The van der Waals surface area contributed by atoms with Crippen LogP contribution in [0.4, 0.5) is 11.4 Å². The highest BCUT2D eigenvalue weighted by molar-refractivity contribution is 7.92. The Kier molecular flexibility index (Phi) is 5.80. The van der Waals surface area contributed by atoms with E-state index in [1.54, 1.807) is 61.5 Å². The van der Waals surface area contributed by atoms with E-state index < -0.39 is 10.0 Å². The van der Waals surface area contributed by atoms with Crippen LogP contribution < -0.4 is 9.62 Å². The second-order valence-corrected chi connectivity index (χ2v) is 8.16. The first-order valence-electron chi connectivity index (χ1n) is 8.98. The van der Waals surface area contributed by atoms with Gasteiger partial charge in [-0.3, -0.25) is 9.10 Å². The van der Waals surface area contributed by atoms with Gasteiger partial charge in [0.2, 0.25) is 0 Å². The first-order chi connectivity index (χ1) is 13.4. The third kappa shape index (κ3) is 4.07. The molecule has 3 aromatic rings. The molecule has 0 fully saturated rings. The van der Waals surface area contributed by atoms with Crippen LogP contribution in [0.5, 0.6) is 0 Å². The van der Waals surface area contributed by atoms with E-state index in [1.165, 1.54) is 4.31 Å². The highest BCUT2D eigenvalue weighted by Gasteiger charge is 2.23. The molecule has 1 amide bonds. The van der Waals surface area contributed by atoms with Crippen LogP contribution in [0.3, 0.4) is 0 Å². The molecule has 0 unspecified atom stereocenters. The summed E-state index contributed by atoms with van der Waals surface area (Å²) in [4.78, 5) is 12.7. The fourth-order valence-electron chi connectivity index (χ4n) is 2.90. The van der Waals surface area contributed by atoms with Gasteiger partial charge in [-0.25, -0.2) is 8.42 Å². The average Bonchev–Trinajstić information content (AvgIpc) is 2.71. The highest BCUT2D eigenvalue weighted by atomic mass is 32.2. The van der Waals surface area contributed by atoms with E-state index in [-0.39, 0.29) is 17.3 Å². The third-order valence-electron chi connectivity index (χ3n) is 4.43. The van der Waals surface area contributed by atoms with Gasteiger partial charge in [0.25, 0.3) is 15.9 Å². The van der Waals surface area contributed by atoms with Crippen LogP contribution in [0, 0.1) is 6.92 Å². The van der Waals surface area contributed by atoms with Crippen LogP contribution in [-0.4, -0.2) is 20.9 Å². The lowest BCUT2D eigenvalue weighted by Crippen LogP contribution is -2.30. The van der Waals surface area contributed by atoms with E-state index in [2.05, 4.69) is 5.32 Å². The fourth-order valence-corrected chi connectivity index (χ4v) is 4.39. The number of anilines is 2. The summed E-state index contributed by atoms with van der Waals surface area (Å²) >= 11 is 0. The predicted octanol–water partition coefficient (Wildman–Crippen LogP) is 4.46. The van der Waals surface area contributed by atoms with Crippen molar-refractivity contribution in [3.63, 3.8) is 0 Å².